The van der Waals surface area contributed by atoms with Gasteiger partial charge < -0.3 is 40.9 Å². The van der Waals surface area contributed by atoms with Gasteiger partial charge in [0, 0.05) is 50.8 Å². The van der Waals surface area contributed by atoms with Crippen molar-refractivity contribution in [3.8, 4) is 0 Å². The molecule has 8 N–H and O–H groups in total. The maximum absolute atomic E-state index is 9.62. The van der Waals surface area contributed by atoms with E-state index in [0.29, 0.717) is 13.1 Å². The van der Waals surface area contributed by atoms with Gasteiger partial charge in [0.05, 0.1) is 50.8 Å². The van der Waals surface area contributed by atoms with E-state index in [-0.39, 0.29) is 52.6 Å². The molecule has 0 spiro atoms. The molecule has 34 heavy (non-hydrogen) atoms. The SMILES string of the molecule is OCC(O)CN(CCSCCCCCCSCCN(CC(O)CO)CC(O)CO)CC(O)CO. The second-order valence-electron chi connectivity index (χ2n) is 8.50. The monoisotopic (exact) mass is 532 g/mol. The smallest absolute Gasteiger partial charge is 0.0897 e. The summed E-state index contributed by atoms with van der Waals surface area (Å²) in [6.07, 6.45) is 1.15. The zero-order valence-electron chi connectivity index (χ0n) is 20.3. The second kappa shape index (κ2) is 23.7. The van der Waals surface area contributed by atoms with Crippen LogP contribution in [0.1, 0.15) is 25.7 Å². The average Bonchev–Trinajstić information content (AvgIpc) is 2.83. The van der Waals surface area contributed by atoms with Gasteiger partial charge in [-0.05, 0) is 24.3 Å². The van der Waals surface area contributed by atoms with E-state index in [4.69, 9.17) is 20.4 Å². The number of aliphatic hydroxyl groups excluding tert-OH is 8. The topological polar surface area (TPSA) is 168 Å². The van der Waals surface area contributed by atoms with E-state index in [1.807, 2.05) is 33.3 Å². The molecule has 0 radical (unpaired) electrons. The predicted octanol–water partition coefficient (Wildman–Crippen LogP) is -1.97. The van der Waals surface area contributed by atoms with Gasteiger partial charge in [-0.15, -0.1) is 0 Å². The maximum Gasteiger partial charge on any atom is 0.0897 e. The first-order chi connectivity index (χ1) is 16.4. The molecule has 0 heterocycles. The molecule has 0 aromatic carbocycles. The molecule has 0 aromatic heterocycles. The molecular weight excluding hydrogens is 484 g/mol. The summed E-state index contributed by atoms with van der Waals surface area (Å²) < 4.78 is 0. The summed E-state index contributed by atoms with van der Waals surface area (Å²) in [6, 6.07) is 0. The fourth-order valence-corrected chi connectivity index (χ4v) is 5.29. The Balaban J connectivity index is 3.78. The lowest BCUT2D eigenvalue weighted by Gasteiger charge is -2.26. The van der Waals surface area contributed by atoms with Crippen molar-refractivity contribution in [2.75, 3.05) is 88.7 Å². The molecular formula is C22H48N2O8S2. The largest absolute Gasteiger partial charge is 0.394 e. The van der Waals surface area contributed by atoms with Crippen LogP contribution < -0.4 is 0 Å². The summed E-state index contributed by atoms with van der Waals surface area (Å²) in [4.78, 5) is 3.73. The lowest BCUT2D eigenvalue weighted by Crippen LogP contribution is -2.41. The summed E-state index contributed by atoms with van der Waals surface area (Å²) in [6.45, 7) is 1.14. The molecule has 4 unspecified atom stereocenters. The average molecular weight is 533 g/mol. The highest BCUT2D eigenvalue weighted by molar-refractivity contribution is 7.99. The number of thioether (sulfide) groups is 2. The molecule has 10 nitrogen and oxygen atoms in total. The van der Waals surface area contributed by atoms with Crippen LogP contribution in [0.25, 0.3) is 0 Å². The molecule has 0 aliphatic carbocycles. The van der Waals surface area contributed by atoms with Gasteiger partial charge in [-0.2, -0.15) is 23.5 Å². The van der Waals surface area contributed by atoms with E-state index < -0.39 is 24.4 Å². The third kappa shape index (κ3) is 20.5. The molecule has 12 heteroatoms. The van der Waals surface area contributed by atoms with Crippen molar-refractivity contribution in [2.24, 2.45) is 0 Å². The summed E-state index contributed by atoms with van der Waals surface area (Å²) in [5, 5.41) is 74.5. The van der Waals surface area contributed by atoms with Crippen LogP contribution in [0.4, 0.5) is 0 Å². The molecule has 0 saturated heterocycles. The lowest BCUT2D eigenvalue weighted by molar-refractivity contribution is 0.0256. The first-order valence-electron chi connectivity index (χ1n) is 12.1. The van der Waals surface area contributed by atoms with Crippen molar-refractivity contribution < 1.29 is 40.9 Å². The van der Waals surface area contributed by atoms with Crippen LogP contribution in [-0.2, 0) is 0 Å². The minimum atomic E-state index is -0.851. The zero-order chi connectivity index (χ0) is 25.6. The Hall–Kier alpha value is 0.300. The van der Waals surface area contributed by atoms with E-state index in [2.05, 4.69) is 0 Å². The molecule has 4 atom stereocenters. The predicted molar refractivity (Wildman–Crippen MR) is 138 cm³/mol. The molecule has 0 bridgehead atoms. The van der Waals surface area contributed by atoms with Crippen LogP contribution in [0.5, 0.6) is 0 Å². The van der Waals surface area contributed by atoms with Crippen LogP contribution in [0.2, 0.25) is 0 Å². The Bertz CT molecular complexity index is 384. The highest BCUT2D eigenvalue weighted by atomic mass is 32.2. The van der Waals surface area contributed by atoms with E-state index in [9.17, 15) is 20.4 Å². The van der Waals surface area contributed by atoms with Gasteiger partial charge in [0.2, 0.25) is 0 Å². The van der Waals surface area contributed by atoms with Gasteiger partial charge in [-0.25, -0.2) is 0 Å². The van der Waals surface area contributed by atoms with Crippen LogP contribution >= 0.6 is 23.5 Å². The molecule has 0 aromatic rings. The fourth-order valence-electron chi connectivity index (χ4n) is 3.29. The Kier molecular flexibility index (Phi) is 23.9. The Morgan fingerprint density at radius 2 is 0.735 bits per heavy atom. The normalized spacial score (nSPS) is 15.7. The van der Waals surface area contributed by atoms with Crippen molar-refractivity contribution in [3.05, 3.63) is 0 Å². The third-order valence-electron chi connectivity index (χ3n) is 5.15. The zero-order valence-corrected chi connectivity index (χ0v) is 22.0. The van der Waals surface area contributed by atoms with Crippen molar-refractivity contribution >= 4 is 23.5 Å². The van der Waals surface area contributed by atoms with Crippen LogP contribution in [0, 0.1) is 0 Å². The molecule has 206 valence electrons. The third-order valence-corrected chi connectivity index (χ3v) is 7.25. The minimum absolute atomic E-state index is 0.271. The van der Waals surface area contributed by atoms with Gasteiger partial charge in [0.1, 0.15) is 0 Å². The van der Waals surface area contributed by atoms with Crippen molar-refractivity contribution in [3.63, 3.8) is 0 Å². The van der Waals surface area contributed by atoms with Gasteiger partial charge in [-0.1, -0.05) is 12.8 Å². The summed E-state index contributed by atoms with van der Waals surface area (Å²) in [7, 11) is 0. The van der Waals surface area contributed by atoms with E-state index >= 15 is 0 Å². The molecule has 0 rings (SSSR count). The lowest BCUT2D eigenvalue weighted by atomic mass is 10.2. The summed E-state index contributed by atoms with van der Waals surface area (Å²) in [5.41, 5.74) is 0. The molecule has 0 amide bonds. The summed E-state index contributed by atoms with van der Waals surface area (Å²) >= 11 is 3.64. The van der Waals surface area contributed by atoms with E-state index in [1.54, 1.807) is 0 Å². The van der Waals surface area contributed by atoms with Crippen molar-refractivity contribution in [1.82, 2.24) is 9.80 Å². The number of rotatable bonds is 25. The Morgan fingerprint density at radius 3 is 1.00 bits per heavy atom. The van der Waals surface area contributed by atoms with E-state index in [1.165, 1.54) is 0 Å². The number of aliphatic hydroxyl groups is 8. The molecule has 0 aliphatic heterocycles. The highest BCUT2D eigenvalue weighted by Gasteiger charge is 2.15. The van der Waals surface area contributed by atoms with Crippen LogP contribution in [0.15, 0.2) is 0 Å². The Labute approximate surface area is 213 Å². The molecule has 0 aliphatic rings. The van der Waals surface area contributed by atoms with Crippen molar-refractivity contribution in [2.45, 2.75) is 50.1 Å². The number of nitrogens with zero attached hydrogens (tertiary/aromatic N) is 2. The number of hydrogen-bond acceptors (Lipinski definition) is 12. The highest BCUT2D eigenvalue weighted by Crippen LogP contribution is 2.12. The second-order valence-corrected chi connectivity index (χ2v) is 11.0. The standard InChI is InChI=1S/C22H48N2O8S2/c25-15-19(29)11-23(12-20(30)16-26)5-9-33-7-3-1-2-4-8-34-10-6-24(13-21(31)17-27)14-22(32)18-28/h19-22,25-32H,1-18H2. The fraction of sp³-hybridized carbons (Fsp3) is 1.00. The number of hydrogen-bond donors (Lipinski definition) is 8. The van der Waals surface area contributed by atoms with Gasteiger partial charge in [0.25, 0.3) is 0 Å². The maximum atomic E-state index is 9.62. The number of unbranched alkanes of at least 4 members (excludes halogenated alkanes) is 3. The van der Waals surface area contributed by atoms with Crippen molar-refractivity contribution in [1.29, 1.82) is 0 Å². The van der Waals surface area contributed by atoms with Crippen LogP contribution in [-0.4, -0.2) is 164 Å². The van der Waals surface area contributed by atoms with Gasteiger partial charge in [0.15, 0.2) is 0 Å². The Morgan fingerprint density at radius 1 is 0.441 bits per heavy atom. The first kappa shape index (κ1) is 34.3. The summed E-state index contributed by atoms with van der Waals surface area (Å²) in [5.74, 6) is 3.81. The molecule has 0 fully saturated rings. The van der Waals surface area contributed by atoms with Gasteiger partial charge >= 0.3 is 0 Å². The van der Waals surface area contributed by atoms with E-state index in [0.717, 1.165) is 48.7 Å². The van der Waals surface area contributed by atoms with Gasteiger partial charge in [-0.3, -0.25) is 9.80 Å². The van der Waals surface area contributed by atoms with Crippen LogP contribution in [0.3, 0.4) is 0 Å². The minimum Gasteiger partial charge on any atom is -0.394 e. The first-order valence-corrected chi connectivity index (χ1v) is 14.4. The molecule has 0 saturated carbocycles. The quantitative estimate of drug-likeness (QED) is 0.0612.